The molecule has 0 bridgehead atoms. The summed E-state index contributed by atoms with van der Waals surface area (Å²) in [4.78, 5) is 36.7. The van der Waals surface area contributed by atoms with Crippen molar-refractivity contribution in [2.24, 2.45) is 11.7 Å². The molecule has 0 unspecified atom stereocenters. The Morgan fingerprint density at radius 1 is 1.26 bits per heavy atom. The van der Waals surface area contributed by atoms with Crippen LogP contribution in [0.3, 0.4) is 0 Å². The summed E-state index contributed by atoms with van der Waals surface area (Å²) in [5, 5.41) is 9.10. The van der Waals surface area contributed by atoms with Gasteiger partial charge in [-0.15, -0.1) is 0 Å². The summed E-state index contributed by atoms with van der Waals surface area (Å²) in [7, 11) is 1.39. The van der Waals surface area contributed by atoms with E-state index in [0.717, 1.165) is 4.90 Å². The number of nitrogens with two attached hydrogens (primary N) is 1. The smallest absolute Gasteiger partial charge is 0.329 e. The molecule has 0 spiro atoms. The van der Waals surface area contributed by atoms with E-state index < -0.39 is 23.4 Å². The number of likely N-dealkylation sites (N-methyl/N-ethyl adjacent to an activating group) is 1. The summed E-state index contributed by atoms with van der Waals surface area (Å²) in [6.07, 6.45) is 0. The molecule has 0 aliphatic carbocycles. The Balaban J connectivity index is 5.08. The van der Waals surface area contributed by atoms with Crippen LogP contribution in [0.4, 0.5) is 4.79 Å². The van der Waals surface area contributed by atoms with Gasteiger partial charge in [-0.2, -0.15) is 0 Å². The van der Waals surface area contributed by atoms with Gasteiger partial charge in [-0.3, -0.25) is 4.79 Å². The first-order chi connectivity index (χ1) is 8.50. The Hall–Kier alpha value is -1.79. The highest BCUT2D eigenvalue weighted by molar-refractivity contribution is 5.87. The molecular formula is C12H23N3O4. The van der Waals surface area contributed by atoms with E-state index in [1.54, 1.807) is 0 Å². The lowest BCUT2D eigenvalue weighted by Crippen LogP contribution is -2.56. The number of aliphatic carboxylic acids is 1. The van der Waals surface area contributed by atoms with Crippen LogP contribution in [0.15, 0.2) is 0 Å². The van der Waals surface area contributed by atoms with Crippen molar-refractivity contribution in [3.63, 3.8) is 0 Å². The summed E-state index contributed by atoms with van der Waals surface area (Å²) in [5.74, 6) is -1.60. The number of carboxylic acid groups (broad SMARTS) is 1. The van der Waals surface area contributed by atoms with Crippen LogP contribution < -0.4 is 5.73 Å². The fourth-order valence-corrected chi connectivity index (χ4v) is 1.43. The molecule has 110 valence electrons. The van der Waals surface area contributed by atoms with Crippen LogP contribution in [0.2, 0.25) is 0 Å². The van der Waals surface area contributed by atoms with E-state index in [4.69, 9.17) is 10.8 Å². The Bertz CT molecular complexity index is 366. The summed E-state index contributed by atoms with van der Waals surface area (Å²) >= 11 is 0. The van der Waals surface area contributed by atoms with Crippen LogP contribution >= 0.6 is 0 Å². The van der Waals surface area contributed by atoms with Crippen molar-refractivity contribution in [1.82, 2.24) is 9.80 Å². The number of urea groups is 1. The molecule has 0 saturated carbocycles. The second-order valence-corrected chi connectivity index (χ2v) is 5.45. The lowest BCUT2D eigenvalue weighted by molar-refractivity contribution is -0.147. The quantitative estimate of drug-likeness (QED) is 0.728. The van der Waals surface area contributed by atoms with Gasteiger partial charge in [0.25, 0.3) is 0 Å². The first kappa shape index (κ1) is 17.2. The predicted molar refractivity (Wildman–Crippen MR) is 70.5 cm³/mol. The number of primary amides is 1. The van der Waals surface area contributed by atoms with Gasteiger partial charge in [0.15, 0.2) is 0 Å². The van der Waals surface area contributed by atoms with Crippen molar-refractivity contribution in [2.45, 2.75) is 33.2 Å². The minimum atomic E-state index is -1.36. The third-order valence-electron chi connectivity index (χ3n) is 2.85. The van der Waals surface area contributed by atoms with Crippen LogP contribution in [-0.2, 0) is 9.59 Å². The summed E-state index contributed by atoms with van der Waals surface area (Å²) in [6.45, 7) is 6.74. The molecule has 0 heterocycles. The van der Waals surface area contributed by atoms with Gasteiger partial charge >= 0.3 is 12.0 Å². The van der Waals surface area contributed by atoms with Crippen molar-refractivity contribution in [2.75, 3.05) is 20.1 Å². The van der Waals surface area contributed by atoms with Crippen molar-refractivity contribution >= 4 is 17.9 Å². The second-order valence-electron chi connectivity index (χ2n) is 5.45. The molecule has 0 aromatic carbocycles. The van der Waals surface area contributed by atoms with Gasteiger partial charge < -0.3 is 20.6 Å². The minimum Gasteiger partial charge on any atom is -0.480 e. The fraction of sp³-hybridized carbons (Fsp3) is 0.750. The number of hydrogen-bond donors (Lipinski definition) is 2. The maximum atomic E-state index is 12.2. The molecule has 0 atom stereocenters. The highest BCUT2D eigenvalue weighted by Crippen LogP contribution is 2.15. The first-order valence-corrected chi connectivity index (χ1v) is 6.04. The molecule has 7 heteroatoms. The lowest BCUT2D eigenvalue weighted by atomic mass is 10.0. The maximum Gasteiger partial charge on any atom is 0.329 e. The van der Waals surface area contributed by atoms with Crippen LogP contribution in [0.5, 0.6) is 0 Å². The third kappa shape index (κ3) is 4.76. The molecule has 3 amide bonds. The van der Waals surface area contributed by atoms with Gasteiger partial charge in [0.2, 0.25) is 5.91 Å². The van der Waals surface area contributed by atoms with E-state index >= 15 is 0 Å². The molecule has 19 heavy (non-hydrogen) atoms. The fourth-order valence-electron chi connectivity index (χ4n) is 1.43. The molecule has 0 aliphatic heterocycles. The number of rotatable bonds is 6. The number of carboxylic acids is 1. The molecule has 0 aromatic rings. The van der Waals surface area contributed by atoms with Crippen molar-refractivity contribution in [1.29, 1.82) is 0 Å². The van der Waals surface area contributed by atoms with E-state index in [1.807, 2.05) is 13.8 Å². The van der Waals surface area contributed by atoms with Crippen molar-refractivity contribution in [3.8, 4) is 0 Å². The maximum absolute atomic E-state index is 12.2. The third-order valence-corrected chi connectivity index (χ3v) is 2.85. The Morgan fingerprint density at radius 3 is 2.05 bits per heavy atom. The van der Waals surface area contributed by atoms with Crippen LogP contribution in [-0.4, -0.2) is 58.5 Å². The summed E-state index contributed by atoms with van der Waals surface area (Å²) < 4.78 is 0. The van der Waals surface area contributed by atoms with Crippen LogP contribution in [0.1, 0.15) is 27.7 Å². The molecule has 0 aliphatic rings. The number of amides is 3. The molecule has 0 rings (SSSR count). The molecule has 0 fully saturated rings. The van der Waals surface area contributed by atoms with Crippen molar-refractivity contribution < 1.29 is 19.5 Å². The summed E-state index contributed by atoms with van der Waals surface area (Å²) in [5.41, 5.74) is 3.75. The second kappa shape index (κ2) is 6.40. The van der Waals surface area contributed by atoms with Crippen LogP contribution in [0.25, 0.3) is 0 Å². The van der Waals surface area contributed by atoms with Crippen LogP contribution in [0, 0.1) is 5.92 Å². The number of carbonyl (C=O) groups excluding carboxylic acids is 2. The van der Waals surface area contributed by atoms with E-state index in [2.05, 4.69) is 0 Å². The molecule has 0 aromatic heterocycles. The number of nitrogens with zero attached hydrogens (tertiary/aromatic N) is 2. The standard InChI is InChI=1S/C12H23N3O4/c1-8(2)6-15(7-9(13)16)11(19)14(5)12(3,4)10(17)18/h8H,6-7H2,1-5H3,(H2,13,16)(H,17,18). The Morgan fingerprint density at radius 2 is 1.74 bits per heavy atom. The zero-order valence-electron chi connectivity index (χ0n) is 12.1. The van der Waals surface area contributed by atoms with E-state index in [1.165, 1.54) is 25.8 Å². The molecule has 7 nitrogen and oxygen atoms in total. The van der Waals surface area contributed by atoms with Gasteiger partial charge in [-0.1, -0.05) is 13.8 Å². The number of hydrogen-bond acceptors (Lipinski definition) is 3. The van der Waals surface area contributed by atoms with Gasteiger partial charge in [0.05, 0.1) is 0 Å². The van der Waals surface area contributed by atoms with Gasteiger partial charge in [-0.25, -0.2) is 9.59 Å². The largest absolute Gasteiger partial charge is 0.480 e. The predicted octanol–water partition coefficient (Wildman–Crippen LogP) is 0.345. The highest BCUT2D eigenvalue weighted by Gasteiger charge is 2.37. The zero-order chi connectivity index (χ0) is 15.4. The minimum absolute atomic E-state index is 0.143. The molecule has 0 radical (unpaired) electrons. The van der Waals surface area contributed by atoms with Gasteiger partial charge in [0, 0.05) is 13.6 Å². The van der Waals surface area contributed by atoms with E-state index in [0.29, 0.717) is 6.54 Å². The number of carbonyl (C=O) groups is 3. The Labute approximate surface area is 113 Å². The average molecular weight is 273 g/mol. The molecular weight excluding hydrogens is 250 g/mol. The van der Waals surface area contributed by atoms with Crippen molar-refractivity contribution in [3.05, 3.63) is 0 Å². The summed E-state index contributed by atoms with van der Waals surface area (Å²) in [6, 6.07) is -0.528. The molecule has 3 N–H and O–H groups in total. The lowest BCUT2D eigenvalue weighted by Gasteiger charge is -2.36. The normalized spacial score (nSPS) is 11.3. The van der Waals surface area contributed by atoms with Gasteiger partial charge in [-0.05, 0) is 19.8 Å². The SMILES string of the molecule is CC(C)CN(CC(N)=O)C(=O)N(C)C(C)(C)C(=O)O. The molecule has 0 saturated heterocycles. The average Bonchev–Trinajstić information content (AvgIpc) is 2.24. The van der Waals surface area contributed by atoms with E-state index in [9.17, 15) is 14.4 Å². The van der Waals surface area contributed by atoms with Gasteiger partial charge in [0.1, 0.15) is 12.1 Å². The first-order valence-electron chi connectivity index (χ1n) is 6.04. The monoisotopic (exact) mass is 273 g/mol. The topological polar surface area (TPSA) is 104 Å². The van der Waals surface area contributed by atoms with E-state index in [-0.39, 0.29) is 12.5 Å². The Kier molecular flexibility index (Phi) is 5.80. The highest BCUT2D eigenvalue weighted by atomic mass is 16.4. The zero-order valence-corrected chi connectivity index (χ0v) is 12.1.